The van der Waals surface area contributed by atoms with Crippen molar-refractivity contribution in [2.45, 2.75) is 18.2 Å². The summed E-state index contributed by atoms with van der Waals surface area (Å²) in [6.45, 7) is 2.37. The van der Waals surface area contributed by atoms with E-state index in [1.165, 1.54) is 12.1 Å². The number of nitrogens with two attached hydrogens (primary N) is 1. The molecule has 0 aromatic heterocycles. The molecule has 6 nitrogen and oxygen atoms in total. The molecule has 0 saturated heterocycles. The second-order valence-corrected chi connectivity index (χ2v) is 6.53. The number of hydrogen-bond donors (Lipinski definition) is 2. The molecule has 0 atom stereocenters. The third-order valence-electron chi connectivity index (χ3n) is 3.03. The van der Waals surface area contributed by atoms with Crippen LogP contribution in [0.5, 0.6) is 5.75 Å². The van der Waals surface area contributed by atoms with Gasteiger partial charge >= 0.3 is 0 Å². The van der Waals surface area contributed by atoms with Crippen molar-refractivity contribution in [3.05, 3.63) is 54.1 Å². The predicted molar refractivity (Wildman–Crippen MR) is 87.8 cm³/mol. The molecule has 0 aliphatic heterocycles. The number of sulfonamides is 1. The molecule has 2 rings (SSSR count). The van der Waals surface area contributed by atoms with E-state index in [1.54, 1.807) is 36.4 Å². The Labute approximate surface area is 135 Å². The van der Waals surface area contributed by atoms with Crippen LogP contribution in [0.25, 0.3) is 0 Å². The van der Waals surface area contributed by atoms with E-state index >= 15 is 0 Å². The number of carbonyl (C=O) groups excluding carboxylic acids is 1. The van der Waals surface area contributed by atoms with Gasteiger partial charge in [0, 0.05) is 5.69 Å². The molecule has 2 aromatic rings. The third kappa shape index (κ3) is 4.72. The molecule has 0 aliphatic carbocycles. The Morgan fingerprint density at radius 1 is 1.09 bits per heavy atom. The Morgan fingerprint density at radius 3 is 2.22 bits per heavy atom. The number of carbonyl (C=O) groups is 1. The largest absolute Gasteiger partial charge is 0.494 e. The summed E-state index contributed by atoms with van der Waals surface area (Å²) in [5.74, 6) is 0.176. The first-order valence-electron chi connectivity index (χ1n) is 7.03. The minimum absolute atomic E-state index is 0.117. The molecule has 0 saturated carbocycles. The van der Waals surface area contributed by atoms with Crippen LogP contribution in [0.1, 0.15) is 12.5 Å². The van der Waals surface area contributed by atoms with Crippen molar-refractivity contribution >= 4 is 21.6 Å². The molecular weight excluding hydrogens is 316 g/mol. The summed E-state index contributed by atoms with van der Waals surface area (Å²) in [5.41, 5.74) is 6.25. The first-order chi connectivity index (χ1) is 10.9. The maximum Gasteiger partial charge on any atom is 0.261 e. The average Bonchev–Trinajstić information content (AvgIpc) is 2.49. The van der Waals surface area contributed by atoms with Gasteiger partial charge in [-0.3, -0.25) is 9.52 Å². The number of benzene rings is 2. The number of primary amides is 1. The lowest BCUT2D eigenvalue weighted by Gasteiger charge is -2.09. The van der Waals surface area contributed by atoms with Crippen molar-refractivity contribution in [3.63, 3.8) is 0 Å². The minimum Gasteiger partial charge on any atom is -0.494 e. The SMILES string of the molecule is CCOc1ccc(S(=O)(=O)Nc2ccc(CC(N)=O)cc2)cc1. The number of amides is 1. The smallest absolute Gasteiger partial charge is 0.261 e. The van der Waals surface area contributed by atoms with Crippen LogP contribution in [0.3, 0.4) is 0 Å². The van der Waals surface area contributed by atoms with Crippen LogP contribution >= 0.6 is 0 Å². The van der Waals surface area contributed by atoms with E-state index in [4.69, 9.17) is 10.5 Å². The highest BCUT2D eigenvalue weighted by Crippen LogP contribution is 2.19. The zero-order valence-corrected chi connectivity index (χ0v) is 13.5. The molecule has 23 heavy (non-hydrogen) atoms. The van der Waals surface area contributed by atoms with Gasteiger partial charge in [0.1, 0.15) is 5.75 Å². The minimum atomic E-state index is -3.68. The van der Waals surface area contributed by atoms with E-state index < -0.39 is 15.9 Å². The van der Waals surface area contributed by atoms with Gasteiger partial charge in [0.25, 0.3) is 10.0 Å². The van der Waals surface area contributed by atoms with Crippen LogP contribution < -0.4 is 15.2 Å². The second kappa shape index (κ2) is 7.15. The number of nitrogens with one attached hydrogen (secondary N) is 1. The van der Waals surface area contributed by atoms with Crippen LogP contribution in [-0.4, -0.2) is 20.9 Å². The summed E-state index contributed by atoms with van der Waals surface area (Å²) < 4.78 is 32.4. The maximum absolute atomic E-state index is 12.3. The Morgan fingerprint density at radius 2 is 1.70 bits per heavy atom. The summed E-state index contributed by atoms with van der Waals surface area (Å²) in [6.07, 6.45) is 0.117. The lowest BCUT2D eigenvalue weighted by atomic mass is 10.1. The summed E-state index contributed by atoms with van der Waals surface area (Å²) >= 11 is 0. The van der Waals surface area contributed by atoms with Crippen molar-refractivity contribution < 1.29 is 17.9 Å². The zero-order valence-electron chi connectivity index (χ0n) is 12.7. The van der Waals surface area contributed by atoms with Crippen molar-refractivity contribution in [2.75, 3.05) is 11.3 Å². The summed E-state index contributed by atoms with van der Waals surface area (Å²) in [6, 6.07) is 12.7. The second-order valence-electron chi connectivity index (χ2n) is 4.85. The fraction of sp³-hybridized carbons (Fsp3) is 0.188. The molecule has 122 valence electrons. The molecule has 0 spiro atoms. The molecule has 0 unspecified atom stereocenters. The maximum atomic E-state index is 12.3. The molecular formula is C16H18N2O4S. The quantitative estimate of drug-likeness (QED) is 0.808. The van der Waals surface area contributed by atoms with Crippen molar-refractivity contribution in [3.8, 4) is 5.75 Å². The highest BCUT2D eigenvalue weighted by Gasteiger charge is 2.14. The molecule has 1 amide bonds. The molecule has 3 N–H and O–H groups in total. The van der Waals surface area contributed by atoms with Crippen LogP contribution in [0, 0.1) is 0 Å². The van der Waals surface area contributed by atoms with E-state index in [0.717, 1.165) is 5.56 Å². The number of ether oxygens (including phenoxy) is 1. The van der Waals surface area contributed by atoms with E-state index in [2.05, 4.69) is 4.72 Å². The van der Waals surface area contributed by atoms with Crippen LogP contribution in [0.15, 0.2) is 53.4 Å². The van der Waals surface area contributed by atoms with Gasteiger partial charge in [-0.1, -0.05) is 12.1 Å². The van der Waals surface area contributed by atoms with Gasteiger partial charge in [-0.05, 0) is 48.9 Å². The molecule has 7 heteroatoms. The fourth-order valence-corrected chi connectivity index (χ4v) is 3.05. The summed E-state index contributed by atoms with van der Waals surface area (Å²) in [4.78, 5) is 11.0. The van der Waals surface area contributed by atoms with Crippen molar-refractivity contribution in [1.82, 2.24) is 0 Å². The van der Waals surface area contributed by atoms with E-state index in [1.807, 2.05) is 6.92 Å². The molecule has 0 fully saturated rings. The van der Waals surface area contributed by atoms with E-state index in [-0.39, 0.29) is 11.3 Å². The normalized spacial score (nSPS) is 11.0. The highest BCUT2D eigenvalue weighted by atomic mass is 32.2. The monoisotopic (exact) mass is 334 g/mol. The molecule has 2 aromatic carbocycles. The van der Waals surface area contributed by atoms with Crippen molar-refractivity contribution in [1.29, 1.82) is 0 Å². The Hall–Kier alpha value is -2.54. The predicted octanol–water partition coefficient (Wildman–Crippen LogP) is 1.91. The first kappa shape index (κ1) is 16.8. The lowest BCUT2D eigenvalue weighted by molar-refractivity contribution is -0.117. The van der Waals surface area contributed by atoms with Gasteiger partial charge in [-0.2, -0.15) is 0 Å². The standard InChI is InChI=1S/C16H18N2O4S/c1-2-22-14-7-9-15(10-8-14)23(20,21)18-13-5-3-12(4-6-13)11-16(17)19/h3-10,18H,2,11H2,1H3,(H2,17,19). The molecule has 0 heterocycles. The topological polar surface area (TPSA) is 98.5 Å². The first-order valence-corrected chi connectivity index (χ1v) is 8.52. The number of hydrogen-bond acceptors (Lipinski definition) is 4. The van der Waals surface area contributed by atoms with E-state index in [9.17, 15) is 13.2 Å². The Balaban J connectivity index is 2.12. The summed E-state index contributed by atoms with van der Waals surface area (Å²) in [7, 11) is -3.68. The number of rotatable bonds is 7. The fourth-order valence-electron chi connectivity index (χ4n) is 1.99. The Kier molecular flexibility index (Phi) is 5.23. The van der Waals surface area contributed by atoms with Gasteiger partial charge in [-0.15, -0.1) is 0 Å². The van der Waals surface area contributed by atoms with Gasteiger partial charge in [-0.25, -0.2) is 8.42 Å². The number of anilines is 1. The molecule has 0 radical (unpaired) electrons. The summed E-state index contributed by atoms with van der Waals surface area (Å²) in [5, 5.41) is 0. The van der Waals surface area contributed by atoms with Gasteiger partial charge in [0.2, 0.25) is 5.91 Å². The highest BCUT2D eigenvalue weighted by molar-refractivity contribution is 7.92. The average molecular weight is 334 g/mol. The Bertz CT molecular complexity index is 769. The van der Waals surface area contributed by atoms with Gasteiger partial charge < -0.3 is 10.5 Å². The van der Waals surface area contributed by atoms with Crippen LogP contribution in [-0.2, 0) is 21.2 Å². The molecule has 0 bridgehead atoms. The van der Waals surface area contributed by atoms with Crippen LogP contribution in [0.2, 0.25) is 0 Å². The van der Waals surface area contributed by atoms with E-state index in [0.29, 0.717) is 18.0 Å². The van der Waals surface area contributed by atoms with Gasteiger partial charge in [0.15, 0.2) is 0 Å². The lowest BCUT2D eigenvalue weighted by Crippen LogP contribution is -2.14. The van der Waals surface area contributed by atoms with Gasteiger partial charge in [0.05, 0.1) is 17.9 Å². The zero-order chi connectivity index (χ0) is 16.9. The molecule has 0 aliphatic rings. The van der Waals surface area contributed by atoms with Crippen molar-refractivity contribution in [2.24, 2.45) is 5.73 Å². The van der Waals surface area contributed by atoms with Crippen LogP contribution in [0.4, 0.5) is 5.69 Å². The third-order valence-corrected chi connectivity index (χ3v) is 4.43.